The van der Waals surface area contributed by atoms with Crippen LogP contribution in [-0.2, 0) is 11.3 Å². The summed E-state index contributed by atoms with van der Waals surface area (Å²) in [6, 6.07) is 21.4. The molecule has 0 bridgehead atoms. The quantitative estimate of drug-likeness (QED) is 0.460. The molecular weight excluding hydrogens is 485 g/mol. The number of Topliss-reactive ketones (excluding diaryl/α,β-unsaturated/α-hetero) is 1. The highest BCUT2D eigenvalue weighted by Crippen LogP contribution is 2.46. The van der Waals surface area contributed by atoms with Gasteiger partial charge in [-0.1, -0.05) is 72.8 Å². The van der Waals surface area contributed by atoms with Gasteiger partial charge < -0.3 is 15.0 Å². The molecule has 9 heteroatoms. The van der Waals surface area contributed by atoms with Gasteiger partial charge in [0.15, 0.2) is 5.78 Å². The van der Waals surface area contributed by atoms with Crippen molar-refractivity contribution in [1.29, 1.82) is 0 Å². The van der Waals surface area contributed by atoms with Crippen LogP contribution in [0.3, 0.4) is 0 Å². The predicted octanol–water partition coefficient (Wildman–Crippen LogP) is 4.93. The Kier molecular flexibility index (Phi) is 6.89. The Bertz CT molecular complexity index is 1370. The molecule has 2 amide bonds. The molecule has 0 unspecified atom stereocenters. The van der Waals surface area contributed by atoms with Crippen LogP contribution in [0, 0.1) is 0 Å². The number of ketones is 1. The van der Waals surface area contributed by atoms with E-state index >= 15 is 13.2 Å². The maximum Gasteiger partial charge on any atom is 0.425 e. The van der Waals surface area contributed by atoms with Crippen molar-refractivity contribution in [3.63, 3.8) is 0 Å². The highest BCUT2D eigenvalue weighted by Gasteiger charge is 2.70. The lowest BCUT2D eigenvalue weighted by atomic mass is 9.84. The van der Waals surface area contributed by atoms with Crippen LogP contribution in [-0.4, -0.2) is 41.3 Å². The number of alkyl halides is 3. The summed E-state index contributed by atoms with van der Waals surface area (Å²) in [5.74, 6) is -3.68. The summed E-state index contributed by atoms with van der Waals surface area (Å²) in [5.41, 5.74) is -4.37. The van der Waals surface area contributed by atoms with Crippen LogP contribution in [0.15, 0.2) is 96.2 Å². The van der Waals surface area contributed by atoms with Crippen molar-refractivity contribution >= 4 is 17.6 Å². The summed E-state index contributed by atoms with van der Waals surface area (Å²) in [7, 11) is 1.27. The molecule has 0 saturated carbocycles. The standard InChI is InChI=1S/C28H23F3N2O4/c1-18-23(24(34)20-13-7-4-8-14-20)27(28(29,30)31,26(36)33(18)17-19-11-5-3-6-12-19)32-25(35)21-15-9-10-16-22(21)37-2/h3-16H,17H2,1-2H3,(H,32,35)/t27-/m0/s1. The normalized spacial score (nSPS) is 17.6. The van der Waals surface area contributed by atoms with Gasteiger partial charge in [-0.2, -0.15) is 13.2 Å². The van der Waals surface area contributed by atoms with Crippen molar-refractivity contribution in [3.8, 4) is 5.75 Å². The number of carbonyl (C=O) groups excluding carboxylic acids is 3. The van der Waals surface area contributed by atoms with Gasteiger partial charge in [0, 0.05) is 11.3 Å². The van der Waals surface area contributed by atoms with Gasteiger partial charge in [0.05, 0.1) is 24.8 Å². The van der Waals surface area contributed by atoms with Gasteiger partial charge >= 0.3 is 6.18 Å². The first-order valence-electron chi connectivity index (χ1n) is 11.3. The molecule has 37 heavy (non-hydrogen) atoms. The molecule has 0 aliphatic carbocycles. The van der Waals surface area contributed by atoms with Crippen LogP contribution in [0.1, 0.15) is 33.2 Å². The van der Waals surface area contributed by atoms with Crippen molar-refractivity contribution in [3.05, 3.63) is 113 Å². The molecule has 0 spiro atoms. The van der Waals surface area contributed by atoms with E-state index in [1.54, 1.807) is 42.5 Å². The van der Waals surface area contributed by atoms with Gasteiger partial charge in [-0.15, -0.1) is 0 Å². The highest BCUT2D eigenvalue weighted by molar-refractivity contribution is 6.19. The molecule has 6 nitrogen and oxygen atoms in total. The van der Waals surface area contributed by atoms with Crippen LogP contribution in [0.4, 0.5) is 13.2 Å². The number of ether oxygens (including phenoxy) is 1. The number of para-hydroxylation sites is 1. The van der Waals surface area contributed by atoms with E-state index in [0.717, 1.165) is 4.90 Å². The van der Waals surface area contributed by atoms with Gasteiger partial charge in [0.25, 0.3) is 11.8 Å². The summed E-state index contributed by atoms with van der Waals surface area (Å²) in [5, 5.41) is 1.91. The Labute approximate surface area is 211 Å². The van der Waals surface area contributed by atoms with Gasteiger partial charge in [-0.25, -0.2) is 0 Å². The first-order chi connectivity index (χ1) is 17.6. The fourth-order valence-corrected chi connectivity index (χ4v) is 4.41. The topological polar surface area (TPSA) is 75.7 Å². The molecule has 0 aromatic heterocycles. The lowest BCUT2D eigenvalue weighted by Crippen LogP contribution is -2.66. The monoisotopic (exact) mass is 508 g/mol. The number of rotatable bonds is 7. The minimum absolute atomic E-state index is 0.0144. The largest absolute Gasteiger partial charge is 0.496 e. The summed E-state index contributed by atoms with van der Waals surface area (Å²) in [4.78, 5) is 41.5. The minimum Gasteiger partial charge on any atom is -0.496 e. The number of carbonyl (C=O) groups is 3. The van der Waals surface area contributed by atoms with Gasteiger partial charge in [0.2, 0.25) is 5.54 Å². The minimum atomic E-state index is -5.35. The SMILES string of the molecule is COc1ccccc1C(=O)N[C@]1(C(F)(F)F)C(=O)N(Cc2ccccc2)C(C)=C1C(=O)c1ccccc1. The predicted molar refractivity (Wildman–Crippen MR) is 130 cm³/mol. The summed E-state index contributed by atoms with van der Waals surface area (Å²) >= 11 is 0. The molecule has 0 fully saturated rings. The third-order valence-electron chi connectivity index (χ3n) is 6.23. The van der Waals surface area contributed by atoms with E-state index in [0.29, 0.717) is 5.56 Å². The average Bonchev–Trinajstić information content (AvgIpc) is 3.11. The van der Waals surface area contributed by atoms with E-state index < -0.39 is 34.9 Å². The lowest BCUT2D eigenvalue weighted by molar-refractivity contribution is -0.189. The molecule has 1 aliphatic rings. The fourth-order valence-electron chi connectivity index (χ4n) is 4.41. The molecule has 1 aliphatic heterocycles. The zero-order valence-electron chi connectivity index (χ0n) is 20.0. The number of hydrogen-bond acceptors (Lipinski definition) is 4. The Morgan fingerprint density at radius 3 is 2.08 bits per heavy atom. The lowest BCUT2D eigenvalue weighted by Gasteiger charge is -2.33. The van der Waals surface area contributed by atoms with Gasteiger partial charge in [-0.05, 0) is 24.6 Å². The van der Waals surface area contributed by atoms with Crippen molar-refractivity contribution < 1.29 is 32.3 Å². The Morgan fingerprint density at radius 1 is 0.919 bits per heavy atom. The van der Waals surface area contributed by atoms with E-state index in [2.05, 4.69) is 0 Å². The molecule has 1 heterocycles. The molecule has 190 valence electrons. The summed E-state index contributed by atoms with van der Waals surface area (Å²) < 4.78 is 50.3. The van der Waals surface area contributed by atoms with Crippen LogP contribution >= 0.6 is 0 Å². The molecule has 3 aromatic carbocycles. The van der Waals surface area contributed by atoms with Crippen molar-refractivity contribution in [2.75, 3.05) is 7.11 Å². The second-order valence-electron chi connectivity index (χ2n) is 8.43. The molecular formula is C28H23F3N2O4. The van der Waals surface area contributed by atoms with Crippen LogP contribution in [0.2, 0.25) is 0 Å². The van der Waals surface area contributed by atoms with Crippen molar-refractivity contribution in [1.82, 2.24) is 10.2 Å². The Hall–Kier alpha value is -4.40. The van der Waals surface area contributed by atoms with Crippen molar-refractivity contribution in [2.24, 2.45) is 0 Å². The smallest absolute Gasteiger partial charge is 0.425 e. The number of nitrogens with zero attached hydrogens (tertiary/aromatic N) is 1. The van der Waals surface area contributed by atoms with E-state index in [-0.39, 0.29) is 29.1 Å². The van der Waals surface area contributed by atoms with E-state index in [1.165, 1.54) is 56.5 Å². The number of methoxy groups -OCH3 is 1. The maximum absolute atomic E-state index is 15.1. The van der Waals surface area contributed by atoms with Crippen LogP contribution in [0.25, 0.3) is 0 Å². The zero-order chi connectivity index (χ0) is 26.8. The number of allylic oxidation sites excluding steroid dienone is 1. The van der Waals surface area contributed by atoms with Crippen LogP contribution < -0.4 is 10.1 Å². The average molecular weight is 508 g/mol. The molecule has 1 atom stereocenters. The third kappa shape index (κ3) is 4.48. The van der Waals surface area contributed by atoms with Crippen LogP contribution in [0.5, 0.6) is 5.75 Å². The summed E-state index contributed by atoms with van der Waals surface area (Å²) in [6.45, 7) is 1.05. The molecule has 3 aromatic rings. The fraction of sp³-hybridized carbons (Fsp3) is 0.179. The highest BCUT2D eigenvalue weighted by atomic mass is 19.4. The zero-order valence-corrected chi connectivity index (χ0v) is 20.0. The first kappa shape index (κ1) is 25.7. The molecule has 0 saturated heterocycles. The Balaban J connectivity index is 1.90. The maximum atomic E-state index is 15.1. The first-order valence-corrected chi connectivity index (χ1v) is 11.3. The number of hydrogen-bond donors (Lipinski definition) is 1. The van der Waals surface area contributed by atoms with E-state index in [4.69, 9.17) is 4.74 Å². The second kappa shape index (κ2) is 9.93. The summed E-state index contributed by atoms with van der Waals surface area (Å²) in [6.07, 6.45) is -5.35. The van der Waals surface area contributed by atoms with E-state index in [1.807, 2.05) is 5.32 Å². The number of benzene rings is 3. The second-order valence-corrected chi connectivity index (χ2v) is 8.43. The number of halogens is 3. The molecule has 0 radical (unpaired) electrons. The van der Waals surface area contributed by atoms with E-state index in [9.17, 15) is 14.4 Å². The van der Waals surface area contributed by atoms with Crippen molar-refractivity contribution in [2.45, 2.75) is 25.2 Å². The van der Waals surface area contributed by atoms with Gasteiger partial charge in [0.1, 0.15) is 5.75 Å². The number of nitrogens with one attached hydrogen (secondary N) is 1. The number of amides is 2. The van der Waals surface area contributed by atoms with Gasteiger partial charge in [-0.3, -0.25) is 14.4 Å². The Morgan fingerprint density at radius 2 is 1.49 bits per heavy atom. The molecule has 4 rings (SSSR count). The third-order valence-corrected chi connectivity index (χ3v) is 6.23. The molecule has 1 N–H and O–H groups in total.